The number of aromatic amines is 1. The van der Waals surface area contributed by atoms with Crippen molar-refractivity contribution in [1.29, 1.82) is 0 Å². The highest BCUT2D eigenvalue weighted by atomic mass is 15.1. The molecule has 96 valence electrons. The molecule has 2 aromatic rings. The van der Waals surface area contributed by atoms with Crippen LogP contribution in [0.4, 0.5) is 5.82 Å². The van der Waals surface area contributed by atoms with E-state index >= 15 is 0 Å². The molecule has 5 N–H and O–H groups in total. The van der Waals surface area contributed by atoms with Gasteiger partial charge in [0.1, 0.15) is 17.7 Å². The Morgan fingerprint density at radius 3 is 2.89 bits per heavy atom. The van der Waals surface area contributed by atoms with Crippen LogP contribution >= 0.6 is 0 Å². The zero-order chi connectivity index (χ0) is 12.5. The molecule has 2 unspecified atom stereocenters. The van der Waals surface area contributed by atoms with Crippen molar-refractivity contribution < 1.29 is 0 Å². The zero-order valence-corrected chi connectivity index (χ0v) is 10.3. The summed E-state index contributed by atoms with van der Waals surface area (Å²) in [7, 11) is 0. The molecule has 0 aromatic carbocycles. The predicted octanol–water partition coefficient (Wildman–Crippen LogP) is 1.17. The van der Waals surface area contributed by atoms with E-state index in [9.17, 15) is 0 Å². The molecule has 2 atom stereocenters. The zero-order valence-electron chi connectivity index (χ0n) is 10.3. The molecule has 3 rings (SSSR count). The van der Waals surface area contributed by atoms with Gasteiger partial charge in [0.2, 0.25) is 0 Å². The SMILES string of the molecule is NCC1CCCCC1c1nc2ncnc(N)c2[nH]1. The van der Waals surface area contributed by atoms with Gasteiger partial charge in [-0.25, -0.2) is 15.0 Å². The van der Waals surface area contributed by atoms with Gasteiger partial charge in [0.15, 0.2) is 11.5 Å². The second-order valence-electron chi connectivity index (χ2n) is 4.97. The number of fused-ring (bicyclic) bond motifs is 1. The Balaban J connectivity index is 2.00. The summed E-state index contributed by atoms with van der Waals surface area (Å²) in [6, 6.07) is 0. The number of rotatable bonds is 2. The van der Waals surface area contributed by atoms with Crippen LogP contribution in [0.3, 0.4) is 0 Å². The number of nitrogens with one attached hydrogen (secondary N) is 1. The minimum atomic E-state index is 0.400. The normalized spacial score (nSPS) is 24.5. The molecule has 1 fully saturated rings. The summed E-state index contributed by atoms with van der Waals surface area (Å²) in [4.78, 5) is 16.0. The fraction of sp³-hybridized carbons (Fsp3) is 0.583. The fourth-order valence-corrected chi connectivity index (χ4v) is 2.89. The molecule has 18 heavy (non-hydrogen) atoms. The first-order valence-electron chi connectivity index (χ1n) is 6.45. The lowest BCUT2D eigenvalue weighted by Gasteiger charge is -2.28. The van der Waals surface area contributed by atoms with E-state index in [0.717, 1.165) is 17.8 Å². The van der Waals surface area contributed by atoms with Gasteiger partial charge >= 0.3 is 0 Å². The molecule has 1 aliphatic rings. The summed E-state index contributed by atoms with van der Waals surface area (Å²) < 4.78 is 0. The van der Waals surface area contributed by atoms with E-state index in [-0.39, 0.29) is 0 Å². The number of nitrogens with two attached hydrogens (primary N) is 2. The van der Waals surface area contributed by atoms with E-state index in [1.807, 2.05) is 0 Å². The van der Waals surface area contributed by atoms with Crippen molar-refractivity contribution in [3.05, 3.63) is 12.2 Å². The number of imidazole rings is 1. The van der Waals surface area contributed by atoms with Gasteiger partial charge in [-0.1, -0.05) is 12.8 Å². The van der Waals surface area contributed by atoms with Crippen molar-refractivity contribution in [3.63, 3.8) is 0 Å². The van der Waals surface area contributed by atoms with Crippen LogP contribution in [-0.4, -0.2) is 26.5 Å². The van der Waals surface area contributed by atoms with E-state index in [2.05, 4.69) is 19.9 Å². The number of H-pyrrole nitrogens is 1. The molecular formula is C12H18N6. The Kier molecular flexibility index (Phi) is 2.87. The van der Waals surface area contributed by atoms with Crippen molar-refractivity contribution in [2.45, 2.75) is 31.6 Å². The lowest BCUT2D eigenvalue weighted by Crippen LogP contribution is -2.25. The Hall–Kier alpha value is -1.69. The van der Waals surface area contributed by atoms with E-state index in [4.69, 9.17) is 11.5 Å². The molecule has 0 amide bonds. The first-order valence-corrected chi connectivity index (χ1v) is 6.45. The highest BCUT2D eigenvalue weighted by molar-refractivity contribution is 5.81. The van der Waals surface area contributed by atoms with E-state index in [1.165, 1.54) is 25.6 Å². The van der Waals surface area contributed by atoms with Crippen LogP contribution in [-0.2, 0) is 0 Å². The van der Waals surface area contributed by atoms with Crippen molar-refractivity contribution >= 4 is 17.0 Å². The minimum Gasteiger partial charge on any atom is -0.382 e. The summed E-state index contributed by atoms with van der Waals surface area (Å²) in [5, 5.41) is 0. The van der Waals surface area contributed by atoms with Gasteiger partial charge in [-0.05, 0) is 25.3 Å². The maximum Gasteiger partial charge on any atom is 0.183 e. The molecule has 0 aliphatic heterocycles. The van der Waals surface area contributed by atoms with Gasteiger partial charge in [0.05, 0.1) is 0 Å². The van der Waals surface area contributed by atoms with E-state index in [1.54, 1.807) is 0 Å². The van der Waals surface area contributed by atoms with E-state index in [0.29, 0.717) is 29.8 Å². The van der Waals surface area contributed by atoms with E-state index < -0.39 is 0 Å². The highest BCUT2D eigenvalue weighted by Gasteiger charge is 2.28. The Morgan fingerprint density at radius 1 is 1.28 bits per heavy atom. The average molecular weight is 246 g/mol. The number of hydrogen-bond donors (Lipinski definition) is 3. The first-order chi connectivity index (χ1) is 8.79. The van der Waals surface area contributed by atoms with Crippen molar-refractivity contribution in [3.8, 4) is 0 Å². The summed E-state index contributed by atoms with van der Waals surface area (Å²) >= 11 is 0. The van der Waals surface area contributed by atoms with Crippen LogP contribution in [0.15, 0.2) is 6.33 Å². The number of anilines is 1. The van der Waals surface area contributed by atoms with Crippen LogP contribution in [0.1, 0.15) is 37.4 Å². The molecule has 1 aliphatic carbocycles. The molecular weight excluding hydrogens is 228 g/mol. The Labute approximate surface area is 105 Å². The standard InChI is InChI=1S/C12H18N6/c13-5-7-3-1-2-4-8(7)11-17-9-10(14)15-6-16-12(9)18-11/h6-8H,1-5,13H2,(H3,14,15,16,17,18). The number of nitrogen functional groups attached to an aromatic ring is 1. The number of aromatic nitrogens is 4. The summed E-state index contributed by atoms with van der Waals surface area (Å²) in [5.41, 5.74) is 13.1. The van der Waals surface area contributed by atoms with Crippen LogP contribution < -0.4 is 11.5 Å². The predicted molar refractivity (Wildman–Crippen MR) is 69.8 cm³/mol. The lowest BCUT2D eigenvalue weighted by molar-refractivity contribution is 0.306. The molecule has 0 bridgehead atoms. The first kappa shape index (κ1) is 11.4. The summed E-state index contributed by atoms with van der Waals surface area (Å²) in [6.45, 7) is 0.711. The van der Waals surface area contributed by atoms with Gasteiger partial charge in [-0.15, -0.1) is 0 Å². The maximum absolute atomic E-state index is 5.86. The van der Waals surface area contributed by atoms with Gasteiger partial charge in [0.25, 0.3) is 0 Å². The third kappa shape index (κ3) is 1.82. The summed E-state index contributed by atoms with van der Waals surface area (Å²) in [6.07, 6.45) is 6.26. The Morgan fingerprint density at radius 2 is 2.11 bits per heavy atom. The number of nitrogens with zero attached hydrogens (tertiary/aromatic N) is 3. The second kappa shape index (κ2) is 4.53. The van der Waals surface area contributed by atoms with Crippen LogP contribution in [0.25, 0.3) is 11.2 Å². The van der Waals surface area contributed by atoms with Crippen LogP contribution in [0.2, 0.25) is 0 Å². The fourth-order valence-electron chi connectivity index (χ4n) is 2.89. The van der Waals surface area contributed by atoms with Crippen molar-refractivity contribution in [2.75, 3.05) is 12.3 Å². The third-order valence-electron chi connectivity index (χ3n) is 3.90. The molecule has 6 nitrogen and oxygen atoms in total. The molecule has 0 spiro atoms. The quantitative estimate of drug-likeness (QED) is 0.737. The molecule has 2 heterocycles. The van der Waals surface area contributed by atoms with Gasteiger partial charge in [0, 0.05) is 5.92 Å². The minimum absolute atomic E-state index is 0.400. The highest BCUT2D eigenvalue weighted by Crippen LogP contribution is 2.36. The molecule has 0 saturated heterocycles. The Bertz CT molecular complexity index is 548. The largest absolute Gasteiger partial charge is 0.382 e. The maximum atomic E-state index is 5.86. The lowest BCUT2D eigenvalue weighted by atomic mass is 9.79. The summed E-state index contributed by atoms with van der Waals surface area (Å²) in [5.74, 6) is 2.33. The topological polar surface area (TPSA) is 106 Å². The van der Waals surface area contributed by atoms with Crippen LogP contribution in [0, 0.1) is 5.92 Å². The van der Waals surface area contributed by atoms with Crippen molar-refractivity contribution in [1.82, 2.24) is 19.9 Å². The second-order valence-corrected chi connectivity index (χ2v) is 4.97. The van der Waals surface area contributed by atoms with Gasteiger partial charge in [-0.3, -0.25) is 0 Å². The van der Waals surface area contributed by atoms with Crippen LogP contribution in [0.5, 0.6) is 0 Å². The monoisotopic (exact) mass is 246 g/mol. The van der Waals surface area contributed by atoms with Gasteiger partial charge in [-0.2, -0.15) is 0 Å². The van der Waals surface area contributed by atoms with Crippen molar-refractivity contribution in [2.24, 2.45) is 11.7 Å². The molecule has 1 saturated carbocycles. The smallest absolute Gasteiger partial charge is 0.183 e. The molecule has 6 heteroatoms. The van der Waals surface area contributed by atoms with Gasteiger partial charge < -0.3 is 16.5 Å². The average Bonchev–Trinajstić information content (AvgIpc) is 2.84. The molecule has 2 aromatic heterocycles. The third-order valence-corrected chi connectivity index (χ3v) is 3.90. The molecule has 0 radical (unpaired) electrons. The number of hydrogen-bond acceptors (Lipinski definition) is 5.